The molecule has 0 amide bonds. The highest BCUT2D eigenvalue weighted by Crippen LogP contribution is 2.34. The number of carbonyl (C=O) groups excluding carboxylic acids is 1. The quantitative estimate of drug-likeness (QED) is 0.458. The van der Waals surface area contributed by atoms with E-state index in [2.05, 4.69) is 44.5 Å². The van der Waals surface area contributed by atoms with E-state index in [1.165, 1.54) is 51.9 Å². The maximum absolute atomic E-state index is 12.0. The van der Waals surface area contributed by atoms with Crippen molar-refractivity contribution in [1.29, 1.82) is 0 Å². The molecule has 2 aromatic heterocycles. The van der Waals surface area contributed by atoms with E-state index >= 15 is 0 Å². The van der Waals surface area contributed by atoms with Gasteiger partial charge >= 0.3 is 5.97 Å². The summed E-state index contributed by atoms with van der Waals surface area (Å²) in [5, 5.41) is 3.17. The summed E-state index contributed by atoms with van der Waals surface area (Å²) in [6.45, 7) is 0. The molecular formula is C26H30N4O3. The topological polar surface area (TPSA) is 76.6 Å². The monoisotopic (exact) mass is 446 g/mol. The highest BCUT2D eigenvalue weighted by Gasteiger charge is 2.17. The van der Waals surface area contributed by atoms with Gasteiger partial charge in [-0.1, -0.05) is 31.4 Å². The number of benzene rings is 1. The molecule has 1 saturated carbocycles. The summed E-state index contributed by atoms with van der Waals surface area (Å²) in [6.07, 6.45) is 8.39. The lowest BCUT2D eigenvalue weighted by Crippen LogP contribution is -2.12. The largest absolute Gasteiger partial charge is 0.494 e. The lowest BCUT2D eigenvalue weighted by molar-refractivity contribution is 0.0590. The standard InChI is InChI=1S/C26H30N4O3/c1-30(21-12-9-19(10-13-21)18-7-5-4-6-8-18)24-16-11-20(17-27-24)28-23-15-14-22(32-2)25(29-23)26(31)33-3/h9-18H,4-8H2,1-3H3,(H,28,29). The summed E-state index contributed by atoms with van der Waals surface area (Å²) in [5.41, 5.74) is 3.42. The molecule has 1 aliphatic rings. The minimum Gasteiger partial charge on any atom is -0.494 e. The van der Waals surface area contributed by atoms with Crippen LogP contribution in [0.4, 0.5) is 23.0 Å². The molecule has 7 nitrogen and oxygen atoms in total. The lowest BCUT2D eigenvalue weighted by Gasteiger charge is -2.23. The molecule has 0 radical (unpaired) electrons. The summed E-state index contributed by atoms with van der Waals surface area (Å²) >= 11 is 0. The predicted octanol–water partition coefficient (Wildman–Crippen LogP) is 5.83. The molecule has 0 atom stereocenters. The Morgan fingerprint density at radius 1 is 1.00 bits per heavy atom. The number of rotatable bonds is 7. The smallest absolute Gasteiger partial charge is 0.360 e. The van der Waals surface area contributed by atoms with Crippen molar-refractivity contribution >= 4 is 29.0 Å². The van der Waals surface area contributed by atoms with Crippen LogP contribution in [0.25, 0.3) is 0 Å². The van der Waals surface area contributed by atoms with E-state index in [1.807, 2.05) is 19.2 Å². The van der Waals surface area contributed by atoms with Gasteiger partial charge in [-0.25, -0.2) is 14.8 Å². The maximum atomic E-state index is 12.0. The number of pyridine rings is 2. The average molecular weight is 447 g/mol. The molecule has 172 valence electrons. The van der Waals surface area contributed by atoms with Gasteiger partial charge in [-0.05, 0) is 60.7 Å². The molecule has 1 fully saturated rings. The maximum Gasteiger partial charge on any atom is 0.360 e. The van der Waals surface area contributed by atoms with E-state index in [0.717, 1.165) is 17.2 Å². The van der Waals surface area contributed by atoms with E-state index < -0.39 is 5.97 Å². The van der Waals surface area contributed by atoms with Crippen molar-refractivity contribution in [2.24, 2.45) is 0 Å². The fraction of sp³-hybridized carbons (Fsp3) is 0.346. The molecule has 4 rings (SSSR count). The van der Waals surface area contributed by atoms with Crippen LogP contribution >= 0.6 is 0 Å². The summed E-state index contributed by atoms with van der Waals surface area (Å²) in [7, 11) is 4.81. The third-order valence-corrected chi connectivity index (χ3v) is 6.18. The van der Waals surface area contributed by atoms with E-state index in [-0.39, 0.29) is 5.69 Å². The number of nitrogens with zero attached hydrogens (tertiary/aromatic N) is 3. The number of esters is 1. The van der Waals surface area contributed by atoms with Crippen LogP contribution in [0.5, 0.6) is 5.75 Å². The van der Waals surface area contributed by atoms with E-state index in [9.17, 15) is 4.79 Å². The molecule has 0 spiro atoms. The van der Waals surface area contributed by atoms with Gasteiger partial charge in [0.2, 0.25) is 0 Å². The van der Waals surface area contributed by atoms with Gasteiger partial charge < -0.3 is 19.7 Å². The van der Waals surface area contributed by atoms with Gasteiger partial charge in [0.1, 0.15) is 11.6 Å². The number of ether oxygens (including phenoxy) is 2. The molecule has 7 heteroatoms. The SMILES string of the molecule is COC(=O)c1nc(Nc2ccc(N(C)c3ccc(C4CCCCC4)cc3)nc2)ccc1OC. The fourth-order valence-electron chi connectivity index (χ4n) is 4.27. The van der Waals surface area contributed by atoms with Gasteiger partial charge in [-0.2, -0.15) is 0 Å². The molecule has 0 unspecified atom stereocenters. The van der Waals surface area contributed by atoms with Gasteiger partial charge in [-0.15, -0.1) is 0 Å². The minimum atomic E-state index is -0.555. The number of methoxy groups -OCH3 is 2. The van der Waals surface area contributed by atoms with Crippen LogP contribution < -0.4 is 15.0 Å². The molecular weight excluding hydrogens is 416 g/mol. The van der Waals surface area contributed by atoms with E-state index in [4.69, 9.17) is 9.47 Å². The zero-order valence-electron chi connectivity index (χ0n) is 19.4. The summed E-state index contributed by atoms with van der Waals surface area (Å²) < 4.78 is 9.97. The number of carbonyl (C=O) groups is 1. The average Bonchev–Trinajstić information content (AvgIpc) is 2.89. The predicted molar refractivity (Wildman–Crippen MR) is 130 cm³/mol. The van der Waals surface area contributed by atoms with Crippen molar-refractivity contribution in [3.05, 3.63) is 66.0 Å². The Bertz CT molecular complexity index is 1080. The molecule has 1 aromatic carbocycles. The van der Waals surface area contributed by atoms with Crippen LogP contribution in [0.3, 0.4) is 0 Å². The number of aromatic nitrogens is 2. The highest BCUT2D eigenvalue weighted by molar-refractivity contribution is 5.90. The third kappa shape index (κ3) is 5.25. The van der Waals surface area contributed by atoms with Crippen LogP contribution in [0.2, 0.25) is 0 Å². The van der Waals surface area contributed by atoms with Crippen LogP contribution in [0, 0.1) is 0 Å². The lowest BCUT2D eigenvalue weighted by atomic mass is 9.84. The molecule has 0 bridgehead atoms. The fourth-order valence-corrected chi connectivity index (χ4v) is 4.27. The first-order valence-electron chi connectivity index (χ1n) is 11.3. The normalized spacial score (nSPS) is 13.9. The van der Waals surface area contributed by atoms with E-state index in [1.54, 1.807) is 18.3 Å². The summed E-state index contributed by atoms with van der Waals surface area (Å²) in [6, 6.07) is 16.1. The Labute approximate surface area is 194 Å². The Morgan fingerprint density at radius 2 is 1.76 bits per heavy atom. The van der Waals surface area contributed by atoms with Crippen LogP contribution in [-0.2, 0) is 4.74 Å². The first-order valence-corrected chi connectivity index (χ1v) is 11.3. The first kappa shape index (κ1) is 22.6. The van der Waals surface area contributed by atoms with E-state index in [0.29, 0.717) is 17.5 Å². The van der Waals surface area contributed by atoms with Crippen molar-refractivity contribution in [1.82, 2.24) is 9.97 Å². The van der Waals surface area contributed by atoms with Gasteiger partial charge in [0.25, 0.3) is 0 Å². The van der Waals surface area contributed by atoms with Crippen LogP contribution in [-0.4, -0.2) is 37.2 Å². The number of anilines is 4. The van der Waals surface area contributed by atoms with Crippen LogP contribution in [0.1, 0.15) is 54.1 Å². The summed E-state index contributed by atoms with van der Waals surface area (Å²) in [5.74, 6) is 1.84. The third-order valence-electron chi connectivity index (χ3n) is 6.18. The van der Waals surface area contributed by atoms with Crippen molar-refractivity contribution in [2.75, 3.05) is 31.5 Å². The zero-order valence-corrected chi connectivity index (χ0v) is 19.4. The second-order valence-electron chi connectivity index (χ2n) is 8.25. The Balaban J connectivity index is 1.44. The Hall–Kier alpha value is -3.61. The highest BCUT2D eigenvalue weighted by atomic mass is 16.5. The zero-order chi connectivity index (χ0) is 23.2. The first-order chi connectivity index (χ1) is 16.1. The van der Waals surface area contributed by atoms with Crippen molar-refractivity contribution in [2.45, 2.75) is 38.0 Å². The van der Waals surface area contributed by atoms with Gasteiger partial charge in [-0.3, -0.25) is 0 Å². The minimum absolute atomic E-state index is 0.117. The van der Waals surface area contributed by atoms with Crippen molar-refractivity contribution in [3.63, 3.8) is 0 Å². The molecule has 3 aromatic rings. The Morgan fingerprint density at radius 3 is 2.39 bits per heavy atom. The molecule has 0 aliphatic heterocycles. The van der Waals surface area contributed by atoms with Gasteiger partial charge in [0, 0.05) is 12.7 Å². The second-order valence-corrected chi connectivity index (χ2v) is 8.25. The molecule has 2 heterocycles. The van der Waals surface area contributed by atoms with Crippen LogP contribution in [0.15, 0.2) is 54.7 Å². The number of hydrogen-bond acceptors (Lipinski definition) is 7. The Kier molecular flexibility index (Phi) is 7.07. The van der Waals surface area contributed by atoms with Gasteiger partial charge in [0.05, 0.1) is 26.1 Å². The molecule has 1 aliphatic carbocycles. The van der Waals surface area contributed by atoms with Gasteiger partial charge in [0.15, 0.2) is 11.4 Å². The number of nitrogens with one attached hydrogen (secondary N) is 1. The molecule has 0 saturated heterocycles. The van der Waals surface area contributed by atoms with Crippen molar-refractivity contribution < 1.29 is 14.3 Å². The molecule has 1 N–H and O–H groups in total. The number of hydrogen-bond donors (Lipinski definition) is 1. The summed E-state index contributed by atoms with van der Waals surface area (Å²) in [4.78, 5) is 22.9. The second kappa shape index (κ2) is 10.3. The molecule has 33 heavy (non-hydrogen) atoms. The van der Waals surface area contributed by atoms with Crippen molar-refractivity contribution in [3.8, 4) is 5.75 Å².